The van der Waals surface area contributed by atoms with Crippen molar-refractivity contribution in [2.75, 3.05) is 12.4 Å². The summed E-state index contributed by atoms with van der Waals surface area (Å²) in [6.07, 6.45) is 1.38. The number of hydrogen-bond donors (Lipinski definition) is 1. The fourth-order valence-electron chi connectivity index (χ4n) is 2.40. The van der Waals surface area contributed by atoms with Gasteiger partial charge in [0.2, 0.25) is 0 Å². The quantitative estimate of drug-likeness (QED) is 0.509. The van der Waals surface area contributed by atoms with Crippen molar-refractivity contribution in [1.29, 1.82) is 0 Å². The molecule has 1 amide bonds. The summed E-state index contributed by atoms with van der Waals surface area (Å²) in [7, 11) is 1.51. The Labute approximate surface area is 173 Å². The van der Waals surface area contributed by atoms with Gasteiger partial charge in [0.05, 0.1) is 18.9 Å². The van der Waals surface area contributed by atoms with E-state index in [1.165, 1.54) is 20.1 Å². The minimum atomic E-state index is -1.22. The van der Waals surface area contributed by atoms with E-state index in [1.807, 2.05) is 13.8 Å². The molecule has 0 aliphatic heterocycles. The number of methoxy groups -OCH3 is 1. The zero-order valence-electron chi connectivity index (χ0n) is 17.1. The lowest BCUT2D eigenvalue weighted by atomic mass is 10.2. The summed E-state index contributed by atoms with van der Waals surface area (Å²) in [5.41, 5.74) is 0.313. The number of ether oxygens (including phenoxy) is 3. The van der Waals surface area contributed by atoms with E-state index < -0.39 is 29.6 Å². The highest BCUT2D eigenvalue weighted by Gasteiger charge is 2.18. The average molecular weight is 419 g/mol. The Hall–Kier alpha value is -3.42. The van der Waals surface area contributed by atoms with E-state index in [-0.39, 0.29) is 11.8 Å². The van der Waals surface area contributed by atoms with E-state index in [1.54, 1.807) is 18.2 Å². The third-order valence-corrected chi connectivity index (χ3v) is 3.81. The highest BCUT2D eigenvalue weighted by atomic mass is 19.1. The first-order chi connectivity index (χ1) is 14.2. The topological polar surface area (TPSA) is 73.9 Å². The molecule has 0 spiro atoms. The fourth-order valence-corrected chi connectivity index (χ4v) is 2.40. The molecule has 1 N–H and O–H groups in total. The van der Waals surface area contributed by atoms with Gasteiger partial charge in [0.1, 0.15) is 11.6 Å². The van der Waals surface area contributed by atoms with Gasteiger partial charge in [0.15, 0.2) is 17.6 Å². The number of halogens is 2. The van der Waals surface area contributed by atoms with Crippen molar-refractivity contribution >= 4 is 23.6 Å². The Morgan fingerprint density at radius 2 is 1.77 bits per heavy atom. The summed E-state index contributed by atoms with van der Waals surface area (Å²) in [4.78, 5) is 24.1. The molecular formula is C22H23F2NO5. The van der Waals surface area contributed by atoms with Gasteiger partial charge in [-0.3, -0.25) is 4.79 Å². The molecule has 30 heavy (non-hydrogen) atoms. The summed E-state index contributed by atoms with van der Waals surface area (Å²) in [6.45, 7) is 5.10. The smallest absolute Gasteiger partial charge is 0.331 e. The van der Waals surface area contributed by atoms with Crippen molar-refractivity contribution in [2.45, 2.75) is 33.0 Å². The first kappa shape index (κ1) is 22.9. The maximum absolute atomic E-state index is 13.6. The van der Waals surface area contributed by atoms with E-state index in [0.29, 0.717) is 17.1 Å². The van der Waals surface area contributed by atoms with Crippen LogP contribution >= 0.6 is 0 Å². The summed E-state index contributed by atoms with van der Waals surface area (Å²) in [6, 6.07) is 7.78. The highest BCUT2D eigenvalue weighted by molar-refractivity contribution is 5.96. The number of benzene rings is 2. The fraction of sp³-hybridized carbons (Fsp3) is 0.273. The molecular weight excluding hydrogens is 396 g/mol. The summed E-state index contributed by atoms with van der Waals surface area (Å²) in [5, 5.41) is 2.18. The molecule has 160 valence electrons. The van der Waals surface area contributed by atoms with Crippen molar-refractivity contribution < 1.29 is 32.6 Å². The van der Waals surface area contributed by atoms with Crippen molar-refractivity contribution in [3.8, 4) is 11.5 Å². The van der Waals surface area contributed by atoms with Crippen LogP contribution in [0.5, 0.6) is 11.5 Å². The Bertz CT molecular complexity index is 943. The number of nitrogens with one attached hydrogen (secondary N) is 1. The van der Waals surface area contributed by atoms with Gasteiger partial charge in [-0.2, -0.15) is 0 Å². The zero-order chi connectivity index (χ0) is 22.3. The number of carbonyl (C=O) groups is 2. The van der Waals surface area contributed by atoms with Crippen LogP contribution < -0.4 is 14.8 Å². The number of carbonyl (C=O) groups excluding carboxylic acids is 2. The van der Waals surface area contributed by atoms with Gasteiger partial charge in [-0.25, -0.2) is 13.6 Å². The number of amides is 1. The molecule has 0 saturated heterocycles. The number of rotatable bonds is 8. The Morgan fingerprint density at radius 1 is 1.03 bits per heavy atom. The van der Waals surface area contributed by atoms with Crippen LogP contribution in [0.3, 0.4) is 0 Å². The van der Waals surface area contributed by atoms with E-state index in [9.17, 15) is 18.4 Å². The van der Waals surface area contributed by atoms with Crippen LogP contribution in [0.4, 0.5) is 14.5 Å². The van der Waals surface area contributed by atoms with E-state index in [0.717, 1.165) is 24.3 Å². The highest BCUT2D eigenvalue weighted by Crippen LogP contribution is 2.29. The zero-order valence-corrected chi connectivity index (χ0v) is 17.1. The average Bonchev–Trinajstić information content (AvgIpc) is 2.69. The maximum Gasteiger partial charge on any atom is 0.331 e. The van der Waals surface area contributed by atoms with Gasteiger partial charge in [0.25, 0.3) is 5.91 Å². The lowest BCUT2D eigenvalue weighted by Gasteiger charge is -2.14. The third-order valence-electron chi connectivity index (χ3n) is 3.81. The predicted octanol–water partition coefficient (Wildman–Crippen LogP) is 4.34. The Morgan fingerprint density at radius 3 is 2.43 bits per heavy atom. The lowest BCUT2D eigenvalue weighted by Crippen LogP contribution is -2.29. The SMILES string of the molecule is COc1cc(/C=C/C(=O)O[C@@H](C)C(=O)Nc2cc(F)ccc2F)ccc1OC(C)C. The van der Waals surface area contributed by atoms with Gasteiger partial charge >= 0.3 is 5.97 Å². The molecule has 0 bridgehead atoms. The second kappa shape index (κ2) is 10.4. The lowest BCUT2D eigenvalue weighted by molar-refractivity contribution is -0.148. The molecule has 8 heteroatoms. The molecule has 0 fully saturated rings. The molecule has 2 aromatic rings. The van der Waals surface area contributed by atoms with Gasteiger partial charge in [-0.15, -0.1) is 0 Å². The van der Waals surface area contributed by atoms with Crippen LogP contribution in [0, 0.1) is 11.6 Å². The van der Waals surface area contributed by atoms with Crippen LogP contribution in [0.2, 0.25) is 0 Å². The minimum absolute atomic E-state index is 0.0243. The van der Waals surface area contributed by atoms with Gasteiger partial charge in [0, 0.05) is 12.1 Å². The van der Waals surface area contributed by atoms with E-state index in [4.69, 9.17) is 14.2 Å². The molecule has 0 heterocycles. The number of esters is 1. The molecule has 0 aliphatic carbocycles. The van der Waals surface area contributed by atoms with Gasteiger partial charge < -0.3 is 19.5 Å². The molecule has 0 saturated carbocycles. The second-order valence-electron chi connectivity index (χ2n) is 6.60. The number of anilines is 1. The summed E-state index contributed by atoms with van der Waals surface area (Å²) >= 11 is 0. The Balaban J connectivity index is 1.98. The number of hydrogen-bond acceptors (Lipinski definition) is 5. The van der Waals surface area contributed by atoms with Crippen LogP contribution in [0.15, 0.2) is 42.5 Å². The molecule has 0 unspecified atom stereocenters. The van der Waals surface area contributed by atoms with Gasteiger partial charge in [-0.05, 0) is 56.7 Å². The monoisotopic (exact) mass is 419 g/mol. The van der Waals surface area contributed by atoms with Crippen LogP contribution in [0.25, 0.3) is 6.08 Å². The van der Waals surface area contributed by atoms with Crippen molar-refractivity contribution in [1.82, 2.24) is 0 Å². The van der Waals surface area contributed by atoms with Crippen LogP contribution in [-0.4, -0.2) is 31.2 Å². The first-order valence-corrected chi connectivity index (χ1v) is 9.19. The standard InChI is InChI=1S/C22H23F2NO5/c1-13(2)29-19-9-5-15(11-20(19)28-4)6-10-21(26)30-14(3)22(27)25-18-12-16(23)7-8-17(18)24/h5-14H,1-4H3,(H,25,27)/b10-6+/t14-/m0/s1. The van der Waals surface area contributed by atoms with Crippen LogP contribution in [0.1, 0.15) is 26.3 Å². The van der Waals surface area contributed by atoms with Gasteiger partial charge in [-0.1, -0.05) is 6.07 Å². The molecule has 0 aromatic heterocycles. The molecule has 2 aromatic carbocycles. The van der Waals surface area contributed by atoms with E-state index in [2.05, 4.69) is 5.32 Å². The molecule has 6 nitrogen and oxygen atoms in total. The summed E-state index contributed by atoms with van der Waals surface area (Å²) < 4.78 is 42.7. The third kappa shape index (κ3) is 6.58. The second-order valence-corrected chi connectivity index (χ2v) is 6.60. The Kier molecular flexibility index (Phi) is 7.91. The predicted molar refractivity (Wildman–Crippen MR) is 108 cm³/mol. The normalized spacial score (nSPS) is 12.0. The molecule has 0 radical (unpaired) electrons. The maximum atomic E-state index is 13.6. The summed E-state index contributed by atoms with van der Waals surface area (Å²) in [5.74, 6) is -2.01. The van der Waals surface area contributed by atoms with Crippen molar-refractivity contribution in [3.63, 3.8) is 0 Å². The molecule has 1 atom stereocenters. The van der Waals surface area contributed by atoms with Crippen molar-refractivity contribution in [3.05, 3.63) is 59.7 Å². The van der Waals surface area contributed by atoms with E-state index >= 15 is 0 Å². The minimum Gasteiger partial charge on any atom is -0.493 e. The largest absolute Gasteiger partial charge is 0.493 e. The van der Waals surface area contributed by atoms with Crippen molar-refractivity contribution in [2.24, 2.45) is 0 Å². The first-order valence-electron chi connectivity index (χ1n) is 9.19. The molecule has 2 rings (SSSR count). The van der Waals surface area contributed by atoms with Crippen LogP contribution in [-0.2, 0) is 14.3 Å². The molecule has 0 aliphatic rings.